The van der Waals surface area contributed by atoms with E-state index in [1.54, 1.807) is 41.2 Å². The molecule has 0 fully saturated rings. The summed E-state index contributed by atoms with van der Waals surface area (Å²) in [5, 5.41) is 0. The van der Waals surface area contributed by atoms with Gasteiger partial charge in [0.2, 0.25) is 5.91 Å². The van der Waals surface area contributed by atoms with Gasteiger partial charge in [-0.25, -0.2) is 0 Å². The normalized spacial score (nSPS) is 14.8. The van der Waals surface area contributed by atoms with Gasteiger partial charge in [-0.1, -0.05) is 17.7 Å². The van der Waals surface area contributed by atoms with Crippen LogP contribution in [-0.4, -0.2) is 41.6 Å². The maximum atomic E-state index is 11.4. The van der Waals surface area contributed by atoms with Gasteiger partial charge in [-0.2, -0.15) is 8.42 Å². The third-order valence-corrected chi connectivity index (χ3v) is 5.89. The fraction of sp³-hybridized carbons (Fsp3) is 0.222. The largest absolute Gasteiger partial charge is 0.318 e. The van der Waals surface area contributed by atoms with Crippen LogP contribution in [0.5, 0.6) is 0 Å². The molecule has 2 heterocycles. The molecule has 6 nitrogen and oxygen atoms in total. The zero-order chi connectivity index (χ0) is 19.3. The number of hydrogen-bond donors (Lipinski definition) is 1. The molecule has 1 amide bonds. The Bertz CT molecular complexity index is 908. The quantitative estimate of drug-likeness (QED) is 0.790. The van der Waals surface area contributed by atoms with Crippen molar-refractivity contribution in [2.24, 2.45) is 0 Å². The lowest BCUT2D eigenvalue weighted by Gasteiger charge is -2.26. The average molecular weight is 393 g/mol. The van der Waals surface area contributed by atoms with Crippen molar-refractivity contribution in [1.82, 2.24) is 9.88 Å². The Labute approximate surface area is 157 Å². The minimum atomic E-state index is -4.02. The van der Waals surface area contributed by atoms with Gasteiger partial charge in [-0.05, 0) is 43.7 Å². The number of benzene rings is 1. The first-order valence-corrected chi connectivity index (χ1v) is 10.2. The number of nitrogens with zero attached hydrogens (tertiary/aromatic N) is 2. The zero-order valence-electron chi connectivity index (χ0n) is 14.7. The molecule has 3 rings (SSSR count). The second kappa shape index (κ2) is 8.48. The van der Waals surface area contributed by atoms with Gasteiger partial charge in [-0.3, -0.25) is 14.3 Å². The van der Waals surface area contributed by atoms with Crippen molar-refractivity contribution in [3.05, 3.63) is 65.6 Å². The van der Waals surface area contributed by atoms with Crippen LogP contribution in [0.1, 0.15) is 18.1 Å². The highest BCUT2D eigenvalue weighted by Crippen LogP contribution is 2.35. The number of hydrogen-bond acceptors (Lipinski definition) is 5. The Morgan fingerprint density at radius 2 is 1.65 bits per heavy atom. The smallest absolute Gasteiger partial charge is 0.294 e. The number of thioether (sulfide) groups is 1. The van der Waals surface area contributed by atoms with E-state index in [4.69, 9.17) is 4.55 Å². The second-order valence-electron chi connectivity index (χ2n) is 5.68. The van der Waals surface area contributed by atoms with Gasteiger partial charge >= 0.3 is 0 Å². The van der Waals surface area contributed by atoms with Gasteiger partial charge < -0.3 is 4.90 Å². The molecule has 1 N–H and O–H groups in total. The third kappa shape index (κ3) is 5.17. The summed E-state index contributed by atoms with van der Waals surface area (Å²) in [6, 6.07) is 9.92. The Hall–Kier alpha value is -2.16. The minimum absolute atomic E-state index is 0.0666. The van der Waals surface area contributed by atoms with Gasteiger partial charge in [0, 0.05) is 30.0 Å². The lowest BCUT2D eigenvalue weighted by molar-refractivity contribution is -0.125. The monoisotopic (exact) mass is 392 g/mol. The molecule has 0 saturated heterocycles. The molecule has 0 unspecified atom stereocenters. The topological polar surface area (TPSA) is 87.6 Å². The molecule has 2 aromatic rings. The molecule has 0 saturated carbocycles. The van der Waals surface area contributed by atoms with E-state index in [0.29, 0.717) is 5.75 Å². The van der Waals surface area contributed by atoms with Crippen molar-refractivity contribution in [3.63, 3.8) is 0 Å². The molecule has 1 aliphatic heterocycles. The van der Waals surface area contributed by atoms with Crippen molar-refractivity contribution >= 4 is 32.7 Å². The molecular formula is C18H20N2O4S2. The van der Waals surface area contributed by atoms with Crippen LogP contribution >= 0.6 is 11.8 Å². The van der Waals surface area contributed by atoms with Crippen molar-refractivity contribution in [1.29, 1.82) is 0 Å². The Kier molecular flexibility index (Phi) is 6.57. The van der Waals surface area contributed by atoms with E-state index >= 15 is 0 Å². The summed E-state index contributed by atoms with van der Waals surface area (Å²) >= 11 is 1.60. The van der Waals surface area contributed by atoms with Crippen LogP contribution in [-0.2, 0) is 14.9 Å². The molecule has 0 bridgehead atoms. The molecule has 0 radical (unpaired) electrons. The molecule has 0 aliphatic carbocycles. The van der Waals surface area contributed by atoms with Gasteiger partial charge in [-0.15, -0.1) is 11.8 Å². The number of carbonyl (C=O) groups is 1. The summed E-state index contributed by atoms with van der Waals surface area (Å²) in [6.45, 7) is 3.81. The second-order valence-corrected chi connectivity index (χ2v) is 8.09. The van der Waals surface area contributed by atoms with Crippen LogP contribution < -0.4 is 0 Å². The van der Waals surface area contributed by atoms with E-state index in [1.165, 1.54) is 17.0 Å². The molecule has 138 valence electrons. The molecule has 1 aromatic heterocycles. The summed E-state index contributed by atoms with van der Waals surface area (Å²) in [6.07, 6.45) is 3.54. The van der Waals surface area contributed by atoms with Crippen LogP contribution in [0.25, 0.3) is 4.91 Å². The third-order valence-electron chi connectivity index (χ3n) is 3.81. The molecule has 0 spiro atoms. The lowest BCUT2D eigenvalue weighted by atomic mass is 10.2. The first kappa shape index (κ1) is 20.2. The van der Waals surface area contributed by atoms with E-state index in [0.717, 1.165) is 16.8 Å². The highest BCUT2D eigenvalue weighted by molar-refractivity contribution is 8.09. The predicted molar refractivity (Wildman–Crippen MR) is 103 cm³/mol. The van der Waals surface area contributed by atoms with Crippen LogP contribution in [0.2, 0.25) is 0 Å². The van der Waals surface area contributed by atoms with E-state index in [9.17, 15) is 13.2 Å². The number of allylic oxidation sites excluding steroid dienone is 1. The maximum Gasteiger partial charge on any atom is 0.294 e. The first-order chi connectivity index (χ1) is 12.2. The number of carbonyl (C=O) groups excluding carboxylic acids is 1. The van der Waals surface area contributed by atoms with Crippen molar-refractivity contribution < 1.29 is 17.8 Å². The van der Waals surface area contributed by atoms with Crippen molar-refractivity contribution in [3.8, 4) is 0 Å². The Balaban J connectivity index is 0.000000197. The fourth-order valence-electron chi connectivity index (χ4n) is 2.18. The van der Waals surface area contributed by atoms with E-state index in [2.05, 4.69) is 4.98 Å². The molecule has 8 heteroatoms. The van der Waals surface area contributed by atoms with Crippen molar-refractivity contribution in [2.45, 2.75) is 18.7 Å². The number of amides is 1. The zero-order valence-corrected chi connectivity index (χ0v) is 16.3. The van der Waals surface area contributed by atoms with Gasteiger partial charge in [0.15, 0.2) is 0 Å². The molecule has 26 heavy (non-hydrogen) atoms. The van der Waals surface area contributed by atoms with Gasteiger partial charge in [0.05, 0.1) is 10.6 Å². The minimum Gasteiger partial charge on any atom is -0.318 e. The maximum absolute atomic E-state index is 11.4. The standard InChI is InChI=1S/C11H12N2OS.C7H8O3S/c1-8-11(9-3-5-12-6-4-9)15-7-10(14)13(8)2;1-6-2-4-7(5-3-6)11(8,9)10/h3-6H,7H2,1-2H3;2-5H,1H3,(H,8,9,10). The van der Waals surface area contributed by atoms with Crippen LogP contribution in [0, 0.1) is 6.92 Å². The van der Waals surface area contributed by atoms with Gasteiger partial charge in [0.25, 0.3) is 10.1 Å². The summed E-state index contributed by atoms with van der Waals surface area (Å²) < 4.78 is 29.6. The summed E-state index contributed by atoms with van der Waals surface area (Å²) in [7, 11) is -2.20. The number of pyridine rings is 1. The number of aromatic nitrogens is 1. The fourth-order valence-corrected chi connectivity index (χ4v) is 3.77. The van der Waals surface area contributed by atoms with Crippen LogP contribution in [0.4, 0.5) is 0 Å². The van der Waals surface area contributed by atoms with Crippen LogP contribution in [0.3, 0.4) is 0 Å². The first-order valence-electron chi connectivity index (χ1n) is 7.75. The summed E-state index contributed by atoms with van der Waals surface area (Å²) in [5.41, 5.74) is 3.10. The summed E-state index contributed by atoms with van der Waals surface area (Å²) in [4.78, 5) is 18.2. The Morgan fingerprint density at radius 3 is 2.19 bits per heavy atom. The van der Waals surface area contributed by atoms with Crippen LogP contribution in [0.15, 0.2) is 59.4 Å². The highest BCUT2D eigenvalue weighted by atomic mass is 32.2. The summed E-state index contributed by atoms with van der Waals surface area (Å²) in [5.74, 6) is 0.682. The van der Waals surface area contributed by atoms with E-state index in [-0.39, 0.29) is 10.8 Å². The lowest BCUT2D eigenvalue weighted by Crippen LogP contribution is -2.30. The Morgan fingerprint density at radius 1 is 1.08 bits per heavy atom. The molecular weight excluding hydrogens is 372 g/mol. The molecule has 1 aliphatic rings. The highest BCUT2D eigenvalue weighted by Gasteiger charge is 2.21. The van der Waals surface area contributed by atoms with Gasteiger partial charge in [0.1, 0.15) is 0 Å². The number of rotatable bonds is 2. The van der Waals surface area contributed by atoms with E-state index in [1.807, 2.05) is 33.0 Å². The van der Waals surface area contributed by atoms with E-state index < -0.39 is 10.1 Å². The molecule has 1 aromatic carbocycles. The average Bonchev–Trinajstić information content (AvgIpc) is 2.61. The SMILES string of the molecule is CC1=C(c2ccncc2)SCC(=O)N1C.Cc1ccc(S(=O)(=O)O)cc1. The molecule has 0 atom stereocenters. The van der Waals surface area contributed by atoms with Crippen molar-refractivity contribution in [2.75, 3.05) is 12.8 Å². The predicted octanol–water partition coefficient (Wildman–Crippen LogP) is 3.22. The number of aryl methyl sites for hydroxylation is 1.